The van der Waals surface area contributed by atoms with Crippen LogP contribution in [0.4, 0.5) is 4.39 Å². The van der Waals surface area contributed by atoms with E-state index in [1.807, 2.05) is 13.8 Å². The van der Waals surface area contributed by atoms with Crippen LogP contribution in [0.1, 0.15) is 19.4 Å². The average molecular weight is 334 g/mol. The van der Waals surface area contributed by atoms with Gasteiger partial charge in [0.15, 0.2) is 0 Å². The minimum absolute atomic E-state index is 0. The van der Waals surface area contributed by atoms with Crippen molar-refractivity contribution in [2.75, 3.05) is 13.1 Å². The van der Waals surface area contributed by atoms with Gasteiger partial charge < -0.3 is 5.32 Å². The first-order valence-corrected chi connectivity index (χ1v) is 7.75. The zero-order valence-corrected chi connectivity index (χ0v) is 13.3. The smallest absolute Gasteiger partial charge is 0.243 e. The molecule has 0 amide bonds. The largest absolute Gasteiger partial charge is 0.311 e. The van der Waals surface area contributed by atoms with Crippen LogP contribution >= 0.6 is 12.4 Å². The van der Waals surface area contributed by atoms with Crippen molar-refractivity contribution in [3.05, 3.63) is 29.6 Å². The molecule has 0 saturated carbocycles. The van der Waals surface area contributed by atoms with E-state index in [-0.39, 0.29) is 34.9 Å². The normalized spacial score (nSPS) is 23.1. The number of halogens is 2. The van der Waals surface area contributed by atoms with Gasteiger partial charge in [0, 0.05) is 25.2 Å². The molecule has 116 valence electrons. The molecular weight excluding hydrogens is 317 g/mol. The lowest BCUT2D eigenvalue weighted by molar-refractivity contribution is 0.244. The van der Waals surface area contributed by atoms with Crippen molar-refractivity contribution in [1.82, 2.24) is 9.62 Å². The van der Waals surface area contributed by atoms with Gasteiger partial charge in [0.25, 0.3) is 0 Å². The monoisotopic (exact) mass is 333 g/mol. The lowest BCUT2D eigenvalue weighted by Gasteiger charge is -2.36. The van der Waals surface area contributed by atoms with E-state index in [0.717, 1.165) is 12.1 Å². The average Bonchev–Trinajstić information content (AvgIpc) is 2.41. The molecule has 1 aliphatic heterocycles. The molecule has 1 fully saturated rings. The summed E-state index contributed by atoms with van der Waals surface area (Å²) in [4.78, 5) is -0.0450. The number of nitrogens with one attached hydrogen (secondary N) is 1. The highest BCUT2D eigenvalue weighted by molar-refractivity contribution is 7.89. The van der Waals surface area contributed by atoms with Crippen molar-refractivity contribution in [2.24, 2.45) is 0 Å². The number of rotatable bonds is 2. The molecule has 1 saturated heterocycles. The second-order valence-electron chi connectivity index (χ2n) is 4.99. The minimum atomic E-state index is -3.72. The Labute approximate surface area is 130 Å². The van der Waals surface area contributed by atoms with Crippen LogP contribution < -0.4 is 5.32 Å². The third-order valence-electron chi connectivity index (χ3n) is 3.37. The van der Waals surface area contributed by atoms with Gasteiger partial charge in [-0.1, -0.05) is 0 Å². The number of hydrogen-bond donors (Lipinski definition) is 1. The Kier molecular flexibility index (Phi) is 5.70. The zero-order chi connectivity index (χ0) is 14.9. The summed E-state index contributed by atoms with van der Waals surface area (Å²) in [6, 6.07) is 4.83. The number of nitriles is 1. The van der Waals surface area contributed by atoms with E-state index in [1.165, 1.54) is 10.4 Å². The molecular formula is C13H17ClFN3O2S. The summed E-state index contributed by atoms with van der Waals surface area (Å²) in [7, 11) is -3.72. The highest BCUT2D eigenvalue weighted by Gasteiger charge is 2.33. The Morgan fingerprint density at radius 3 is 2.71 bits per heavy atom. The van der Waals surface area contributed by atoms with Crippen molar-refractivity contribution in [3.63, 3.8) is 0 Å². The number of piperazine rings is 1. The maximum Gasteiger partial charge on any atom is 0.243 e. The summed E-state index contributed by atoms with van der Waals surface area (Å²) in [6.45, 7) is 4.63. The fourth-order valence-electron chi connectivity index (χ4n) is 2.21. The summed E-state index contributed by atoms with van der Waals surface area (Å²) in [5.41, 5.74) is -0.262. The van der Waals surface area contributed by atoms with Gasteiger partial charge in [-0.25, -0.2) is 12.8 Å². The predicted molar refractivity (Wildman–Crippen MR) is 79.2 cm³/mol. The van der Waals surface area contributed by atoms with E-state index < -0.39 is 15.8 Å². The van der Waals surface area contributed by atoms with E-state index in [0.29, 0.717) is 13.1 Å². The van der Waals surface area contributed by atoms with Crippen LogP contribution in [0, 0.1) is 17.1 Å². The van der Waals surface area contributed by atoms with Crippen LogP contribution in [-0.4, -0.2) is 37.9 Å². The van der Waals surface area contributed by atoms with Crippen LogP contribution in [0.3, 0.4) is 0 Å². The summed E-state index contributed by atoms with van der Waals surface area (Å²) in [5, 5.41) is 12.0. The van der Waals surface area contributed by atoms with Gasteiger partial charge in [0.2, 0.25) is 10.0 Å². The van der Waals surface area contributed by atoms with Crippen LogP contribution in [0.15, 0.2) is 23.1 Å². The number of nitrogens with zero attached hydrogens (tertiary/aromatic N) is 2. The first-order valence-electron chi connectivity index (χ1n) is 6.31. The highest BCUT2D eigenvalue weighted by Crippen LogP contribution is 2.22. The van der Waals surface area contributed by atoms with E-state index in [1.54, 1.807) is 6.07 Å². The summed E-state index contributed by atoms with van der Waals surface area (Å²) in [5.74, 6) is -0.715. The van der Waals surface area contributed by atoms with Gasteiger partial charge in [-0.3, -0.25) is 0 Å². The quantitative estimate of drug-likeness (QED) is 0.890. The standard InChI is InChI=1S/C13H16FN3O2S.ClH/c1-9-8-17(10(2)7-16-9)20(18,19)12-3-4-13(14)11(5-12)6-15;/h3-5,9-10,16H,7-8H2,1-2H3;1H. The van der Waals surface area contributed by atoms with E-state index >= 15 is 0 Å². The first-order chi connectivity index (χ1) is 9.36. The number of benzene rings is 1. The van der Waals surface area contributed by atoms with Gasteiger partial charge in [0.1, 0.15) is 11.9 Å². The molecule has 0 bridgehead atoms. The predicted octanol–water partition coefficient (Wildman–Crippen LogP) is 1.49. The van der Waals surface area contributed by atoms with Gasteiger partial charge in [-0.15, -0.1) is 12.4 Å². The van der Waals surface area contributed by atoms with Crippen LogP contribution in [0.2, 0.25) is 0 Å². The Hall–Kier alpha value is -1.20. The molecule has 1 heterocycles. The molecule has 8 heteroatoms. The van der Waals surface area contributed by atoms with Crippen molar-refractivity contribution >= 4 is 22.4 Å². The lowest BCUT2D eigenvalue weighted by atomic mass is 10.2. The Bertz CT molecular complexity index is 660. The molecule has 0 aromatic heterocycles. The molecule has 21 heavy (non-hydrogen) atoms. The second kappa shape index (κ2) is 6.71. The molecule has 1 aromatic rings. The van der Waals surface area contributed by atoms with E-state index in [9.17, 15) is 12.8 Å². The van der Waals surface area contributed by atoms with Gasteiger partial charge in [-0.05, 0) is 32.0 Å². The van der Waals surface area contributed by atoms with Crippen molar-refractivity contribution in [1.29, 1.82) is 5.26 Å². The van der Waals surface area contributed by atoms with Gasteiger partial charge >= 0.3 is 0 Å². The lowest BCUT2D eigenvalue weighted by Crippen LogP contribution is -2.56. The Morgan fingerprint density at radius 1 is 1.43 bits per heavy atom. The second-order valence-corrected chi connectivity index (χ2v) is 6.88. The molecule has 1 aromatic carbocycles. The Balaban J connectivity index is 0.00000220. The van der Waals surface area contributed by atoms with E-state index in [4.69, 9.17) is 5.26 Å². The molecule has 2 rings (SSSR count). The van der Waals surface area contributed by atoms with Crippen molar-refractivity contribution in [3.8, 4) is 6.07 Å². The van der Waals surface area contributed by atoms with E-state index in [2.05, 4.69) is 5.32 Å². The molecule has 2 unspecified atom stereocenters. The molecule has 1 aliphatic rings. The third kappa shape index (κ3) is 3.52. The fourth-order valence-corrected chi connectivity index (χ4v) is 3.95. The highest BCUT2D eigenvalue weighted by atomic mass is 35.5. The minimum Gasteiger partial charge on any atom is -0.311 e. The topological polar surface area (TPSA) is 73.2 Å². The Morgan fingerprint density at radius 2 is 2.10 bits per heavy atom. The molecule has 2 atom stereocenters. The third-order valence-corrected chi connectivity index (χ3v) is 5.35. The fraction of sp³-hybridized carbons (Fsp3) is 0.462. The maximum atomic E-state index is 13.3. The number of sulfonamides is 1. The molecule has 0 radical (unpaired) electrons. The number of hydrogen-bond acceptors (Lipinski definition) is 4. The molecule has 5 nitrogen and oxygen atoms in total. The van der Waals surface area contributed by atoms with Crippen LogP contribution in [-0.2, 0) is 10.0 Å². The first kappa shape index (κ1) is 17.9. The molecule has 1 N–H and O–H groups in total. The molecule has 0 spiro atoms. The summed E-state index contributed by atoms with van der Waals surface area (Å²) in [6.07, 6.45) is 0. The summed E-state index contributed by atoms with van der Waals surface area (Å²) < 4.78 is 39.9. The van der Waals surface area contributed by atoms with Gasteiger partial charge in [0.05, 0.1) is 10.5 Å². The van der Waals surface area contributed by atoms with Crippen molar-refractivity contribution in [2.45, 2.75) is 30.8 Å². The maximum absolute atomic E-state index is 13.3. The molecule has 0 aliphatic carbocycles. The van der Waals surface area contributed by atoms with Gasteiger partial charge in [-0.2, -0.15) is 9.57 Å². The van der Waals surface area contributed by atoms with Crippen LogP contribution in [0.25, 0.3) is 0 Å². The SMILES string of the molecule is CC1CN(S(=O)(=O)c2ccc(F)c(C#N)c2)C(C)CN1.Cl. The van der Waals surface area contributed by atoms with Crippen LogP contribution in [0.5, 0.6) is 0 Å². The zero-order valence-electron chi connectivity index (χ0n) is 11.7. The summed E-state index contributed by atoms with van der Waals surface area (Å²) >= 11 is 0. The van der Waals surface area contributed by atoms with Crippen molar-refractivity contribution < 1.29 is 12.8 Å².